The molecule has 2 unspecified atom stereocenters. The van der Waals surface area contributed by atoms with Gasteiger partial charge >= 0.3 is 0 Å². The predicted molar refractivity (Wildman–Crippen MR) is 87.3 cm³/mol. The van der Waals surface area contributed by atoms with Crippen LogP contribution in [0.2, 0.25) is 0 Å². The molecule has 0 radical (unpaired) electrons. The van der Waals surface area contributed by atoms with E-state index in [4.69, 9.17) is 5.73 Å². The summed E-state index contributed by atoms with van der Waals surface area (Å²) in [6.45, 7) is 4.17. The van der Waals surface area contributed by atoms with Crippen LogP contribution in [0.5, 0.6) is 0 Å². The van der Waals surface area contributed by atoms with Gasteiger partial charge < -0.3 is 15.5 Å². The first-order chi connectivity index (χ1) is 10.0. The molecule has 3 nitrogen and oxygen atoms in total. The third kappa shape index (κ3) is 4.17. The number of halogens is 1. The summed E-state index contributed by atoms with van der Waals surface area (Å²) in [5.74, 6) is -0.166. The first-order valence-electron chi connectivity index (χ1n) is 7.96. The molecule has 1 aliphatic heterocycles. The number of nitrogens with zero attached hydrogens (tertiary/aromatic N) is 2. The highest BCUT2D eigenvalue weighted by Crippen LogP contribution is 2.30. The number of rotatable bonds is 6. The SMILES string of the molecule is CCC(N)Cc1cc(F)ccc1N1CCCC1CN(C)C. The van der Waals surface area contributed by atoms with Gasteiger partial charge in [-0.2, -0.15) is 0 Å². The number of nitrogens with two attached hydrogens (primary N) is 1. The quantitative estimate of drug-likeness (QED) is 0.875. The van der Waals surface area contributed by atoms with E-state index in [0.29, 0.717) is 6.04 Å². The Kier molecular flexibility index (Phi) is 5.59. The van der Waals surface area contributed by atoms with E-state index in [1.165, 1.54) is 18.5 Å². The molecule has 0 amide bonds. The second kappa shape index (κ2) is 7.23. The van der Waals surface area contributed by atoms with Crippen molar-refractivity contribution in [2.45, 2.75) is 44.7 Å². The average Bonchev–Trinajstić information content (AvgIpc) is 2.86. The largest absolute Gasteiger partial charge is 0.367 e. The Labute approximate surface area is 127 Å². The summed E-state index contributed by atoms with van der Waals surface area (Å²) in [6.07, 6.45) is 4.07. The second-order valence-electron chi connectivity index (χ2n) is 6.40. The molecule has 21 heavy (non-hydrogen) atoms. The maximum absolute atomic E-state index is 13.6. The molecular formula is C17H28FN3. The zero-order valence-electron chi connectivity index (χ0n) is 13.5. The van der Waals surface area contributed by atoms with Gasteiger partial charge in [0.25, 0.3) is 0 Å². The van der Waals surface area contributed by atoms with Crippen LogP contribution >= 0.6 is 0 Å². The number of benzene rings is 1. The lowest BCUT2D eigenvalue weighted by Crippen LogP contribution is -2.38. The highest BCUT2D eigenvalue weighted by molar-refractivity contribution is 5.56. The molecule has 1 aromatic rings. The van der Waals surface area contributed by atoms with Crippen LogP contribution < -0.4 is 10.6 Å². The van der Waals surface area contributed by atoms with Crippen molar-refractivity contribution in [2.75, 3.05) is 32.1 Å². The van der Waals surface area contributed by atoms with Crippen LogP contribution in [-0.2, 0) is 6.42 Å². The number of anilines is 1. The van der Waals surface area contributed by atoms with Crippen molar-refractivity contribution in [3.05, 3.63) is 29.6 Å². The molecule has 1 aliphatic rings. The molecule has 0 aliphatic carbocycles. The summed E-state index contributed by atoms with van der Waals surface area (Å²) in [5.41, 5.74) is 8.31. The lowest BCUT2D eigenvalue weighted by molar-refractivity contribution is 0.372. The standard InChI is InChI=1S/C17H28FN3/c1-4-15(19)11-13-10-14(18)7-8-17(13)21-9-5-6-16(21)12-20(2)3/h7-8,10,15-16H,4-6,9,11-12,19H2,1-3H3. The molecule has 1 fully saturated rings. The Morgan fingerprint density at radius 1 is 1.43 bits per heavy atom. The van der Waals surface area contributed by atoms with Crippen LogP contribution in [0.3, 0.4) is 0 Å². The van der Waals surface area contributed by atoms with Crippen LogP contribution in [0.15, 0.2) is 18.2 Å². The smallest absolute Gasteiger partial charge is 0.123 e. The fourth-order valence-corrected chi connectivity index (χ4v) is 3.19. The topological polar surface area (TPSA) is 32.5 Å². The first-order valence-corrected chi connectivity index (χ1v) is 7.96. The molecule has 0 spiro atoms. The van der Waals surface area contributed by atoms with Crippen molar-refractivity contribution in [1.29, 1.82) is 0 Å². The maximum atomic E-state index is 13.6. The molecule has 2 rings (SSSR count). The number of likely N-dealkylation sites (N-methyl/N-ethyl adjacent to an activating group) is 1. The van der Waals surface area contributed by atoms with E-state index < -0.39 is 0 Å². The van der Waals surface area contributed by atoms with Gasteiger partial charge in [0, 0.05) is 30.9 Å². The summed E-state index contributed by atoms with van der Waals surface area (Å²) in [7, 11) is 4.21. The number of hydrogen-bond donors (Lipinski definition) is 1. The molecule has 2 atom stereocenters. The number of hydrogen-bond acceptors (Lipinski definition) is 3. The summed E-state index contributed by atoms with van der Waals surface area (Å²) >= 11 is 0. The van der Waals surface area contributed by atoms with Crippen molar-refractivity contribution < 1.29 is 4.39 Å². The predicted octanol–water partition coefficient (Wildman–Crippen LogP) is 2.64. The molecule has 1 saturated heterocycles. The van der Waals surface area contributed by atoms with Crippen LogP contribution in [0.4, 0.5) is 10.1 Å². The third-order valence-corrected chi connectivity index (χ3v) is 4.31. The minimum atomic E-state index is -0.166. The van der Waals surface area contributed by atoms with E-state index in [-0.39, 0.29) is 11.9 Å². The van der Waals surface area contributed by atoms with Gasteiger partial charge in [0.1, 0.15) is 5.82 Å². The fraction of sp³-hybridized carbons (Fsp3) is 0.647. The van der Waals surface area contributed by atoms with Gasteiger partial charge in [-0.15, -0.1) is 0 Å². The zero-order chi connectivity index (χ0) is 15.4. The van der Waals surface area contributed by atoms with Crippen molar-refractivity contribution in [3.8, 4) is 0 Å². The molecule has 118 valence electrons. The molecular weight excluding hydrogens is 265 g/mol. The Bertz CT molecular complexity index is 461. The summed E-state index contributed by atoms with van der Waals surface area (Å²) in [6, 6.07) is 5.78. The zero-order valence-corrected chi connectivity index (χ0v) is 13.5. The maximum Gasteiger partial charge on any atom is 0.123 e. The Morgan fingerprint density at radius 3 is 2.86 bits per heavy atom. The highest BCUT2D eigenvalue weighted by Gasteiger charge is 2.27. The van der Waals surface area contributed by atoms with Gasteiger partial charge in [0.05, 0.1) is 0 Å². The average molecular weight is 293 g/mol. The van der Waals surface area contributed by atoms with Crippen LogP contribution in [0, 0.1) is 5.82 Å². The van der Waals surface area contributed by atoms with Crippen molar-refractivity contribution in [2.24, 2.45) is 5.73 Å². The van der Waals surface area contributed by atoms with Gasteiger partial charge in [0.2, 0.25) is 0 Å². The summed E-state index contributed by atoms with van der Waals surface area (Å²) < 4.78 is 13.6. The van der Waals surface area contributed by atoms with E-state index >= 15 is 0 Å². The van der Waals surface area contributed by atoms with Gasteiger partial charge in [-0.05, 0) is 63.5 Å². The highest BCUT2D eigenvalue weighted by atomic mass is 19.1. The molecule has 1 heterocycles. The molecule has 4 heteroatoms. The van der Waals surface area contributed by atoms with E-state index in [0.717, 1.165) is 31.5 Å². The Balaban J connectivity index is 2.25. The molecule has 1 aromatic carbocycles. The Morgan fingerprint density at radius 2 is 2.19 bits per heavy atom. The van der Waals surface area contributed by atoms with Crippen LogP contribution in [0.1, 0.15) is 31.7 Å². The molecule has 0 saturated carbocycles. The lowest BCUT2D eigenvalue weighted by atomic mass is 10.0. The second-order valence-corrected chi connectivity index (χ2v) is 6.40. The van der Waals surface area contributed by atoms with Crippen LogP contribution in [0.25, 0.3) is 0 Å². The summed E-state index contributed by atoms with van der Waals surface area (Å²) in [5, 5.41) is 0. The van der Waals surface area contributed by atoms with Gasteiger partial charge in [-0.3, -0.25) is 0 Å². The van der Waals surface area contributed by atoms with Crippen molar-refractivity contribution in [3.63, 3.8) is 0 Å². The van der Waals surface area contributed by atoms with E-state index in [1.807, 2.05) is 6.07 Å². The third-order valence-electron chi connectivity index (χ3n) is 4.31. The van der Waals surface area contributed by atoms with E-state index in [1.54, 1.807) is 12.1 Å². The normalized spacial score (nSPS) is 20.3. The minimum Gasteiger partial charge on any atom is -0.367 e. The minimum absolute atomic E-state index is 0.0976. The van der Waals surface area contributed by atoms with Gasteiger partial charge in [-0.1, -0.05) is 6.92 Å². The van der Waals surface area contributed by atoms with Crippen molar-refractivity contribution in [1.82, 2.24) is 4.90 Å². The van der Waals surface area contributed by atoms with Gasteiger partial charge in [0.15, 0.2) is 0 Å². The summed E-state index contributed by atoms with van der Waals surface area (Å²) in [4.78, 5) is 4.67. The molecule has 2 N–H and O–H groups in total. The van der Waals surface area contributed by atoms with Crippen LogP contribution in [-0.4, -0.2) is 44.2 Å². The molecule has 0 bridgehead atoms. The molecule has 0 aromatic heterocycles. The monoisotopic (exact) mass is 293 g/mol. The lowest BCUT2D eigenvalue weighted by Gasteiger charge is -2.31. The fourth-order valence-electron chi connectivity index (χ4n) is 3.19. The first kappa shape index (κ1) is 16.2. The Hall–Kier alpha value is -1.13. The van der Waals surface area contributed by atoms with E-state index in [2.05, 4.69) is 30.8 Å². The van der Waals surface area contributed by atoms with Gasteiger partial charge in [-0.25, -0.2) is 4.39 Å². The van der Waals surface area contributed by atoms with E-state index in [9.17, 15) is 4.39 Å². The van der Waals surface area contributed by atoms with Crippen molar-refractivity contribution >= 4 is 5.69 Å².